The van der Waals surface area contributed by atoms with E-state index in [1.807, 2.05) is 11.8 Å². The molecule has 0 radical (unpaired) electrons. The molecule has 0 aromatic rings. The molecule has 0 spiro atoms. The lowest BCUT2D eigenvalue weighted by Crippen LogP contribution is -2.41. The van der Waals surface area contributed by atoms with Crippen LogP contribution in [-0.2, 0) is 9.53 Å². The van der Waals surface area contributed by atoms with Crippen molar-refractivity contribution in [3.8, 4) is 0 Å². The summed E-state index contributed by atoms with van der Waals surface area (Å²) in [6.07, 6.45) is 3.06. The molecule has 3 nitrogen and oxygen atoms in total. The first-order valence-corrected chi connectivity index (χ1v) is 5.04. The van der Waals surface area contributed by atoms with Crippen LogP contribution in [0, 0.1) is 0 Å². The summed E-state index contributed by atoms with van der Waals surface area (Å²) in [5.74, 6) is 0.145. The average Bonchev–Trinajstić information content (AvgIpc) is 2.62. The van der Waals surface area contributed by atoms with Crippen LogP contribution in [-0.4, -0.2) is 36.6 Å². The molecule has 1 aliphatic rings. The van der Waals surface area contributed by atoms with Crippen LogP contribution in [0.5, 0.6) is 0 Å². The van der Waals surface area contributed by atoms with Gasteiger partial charge >= 0.3 is 0 Å². The van der Waals surface area contributed by atoms with Crippen molar-refractivity contribution in [1.29, 1.82) is 0 Å². The van der Waals surface area contributed by atoms with Gasteiger partial charge in [-0.05, 0) is 26.2 Å². The van der Waals surface area contributed by atoms with Gasteiger partial charge in [-0.15, -0.1) is 0 Å². The number of likely N-dealkylation sites (tertiary alicyclic amines) is 1. The van der Waals surface area contributed by atoms with Crippen LogP contribution in [0.15, 0.2) is 0 Å². The maximum atomic E-state index is 11.7. The summed E-state index contributed by atoms with van der Waals surface area (Å²) in [6, 6.07) is 0.449. The quantitative estimate of drug-likeness (QED) is 0.665. The van der Waals surface area contributed by atoms with Gasteiger partial charge in [0.15, 0.2) is 0 Å². The third-order valence-electron chi connectivity index (χ3n) is 2.83. The highest BCUT2D eigenvalue weighted by Crippen LogP contribution is 2.20. The Morgan fingerprint density at radius 1 is 1.69 bits per heavy atom. The number of amides is 1. The molecule has 0 aromatic heterocycles. The number of hydrogen-bond donors (Lipinski definition) is 0. The molecule has 1 heterocycles. The zero-order valence-corrected chi connectivity index (χ0v) is 8.75. The Bertz CT molecular complexity index is 182. The second kappa shape index (κ2) is 4.61. The summed E-state index contributed by atoms with van der Waals surface area (Å²) in [5.41, 5.74) is 0. The van der Waals surface area contributed by atoms with Crippen molar-refractivity contribution >= 4 is 5.91 Å². The molecule has 76 valence electrons. The molecule has 13 heavy (non-hydrogen) atoms. The van der Waals surface area contributed by atoms with E-state index in [1.165, 1.54) is 0 Å². The van der Waals surface area contributed by atoms with Crippen LogP contribution >= 0.6 is 0 Å². The number of carbonyl (C=O) groups excluding carboxylic acids is 1. The summed E-state index contributed by atoms with van der Waals surface area (Å²) in [7, 11) is 1.58. The summed E-state index contributed by atoms with van der Waals surface area (Å²) < 4.78 is 5.03. The van der Waals surface area contributed by atoms with Crippen LogP contribution in [0.1, 0.15) is 33.1 Å². The second-order valence-electron chi connectivity index (χ2n) is 3.61. The summed E-state index contributed by atoms with van der Waals surface area (Å²) in [6.45, 7) is 4.85. The monoisotopic (exact) mass is 185 g/mol. The van der Waals surface area contributed by atoms with Gasteiger partial charge in [-0.2, -0.15) is 0 Å². The van der Waals surface area contributed by atoms with Gasteiger partial charge in [0.1, 0.15) is 6.10 Å². The van der Waals surface area contributed by atoms with Crippen LogP contribution in [0.4, 0.5) is 0 Å². The van der Waals surface area contributed by atoms with Gasteiger partial charge in [-0.25, -0.2) is 0 Å². The van der Waals surface area contributed by atoms with Gasteiger partial charge < -0.3 is 9.64 Å². The fourth-order valence-corrected chi connectivity index (χ4v) is 1.88. The molecule has 0 bridgehead atoms. The van der Waals surface area contributed by atoms with Gasteiger partial charge in [0, 0.05) is 19.7 Å². The average molecular weight is 185 g/mol. The summed E-state index contributed by atoms with van der Waals surface area (Å²) >= 11 is 0. The highest BCUT2D eigenvalue weighted by atomic mass is 16.5. The highest BCUT2D eigenvalue weighted by Gasteiger charge is 2.29. The maximum Gasteiger partial charge on any atom is 0.251 e. The number of nitrogens with zero attached hydrogens (tertiary/aromatic N) is 1. The van der Waals surface area contributed by atoms with Crippen LogP contribution in [0.2, 0.25) is 0 Å². The fourth-order valence-electron chi connectivity index (χ4n) is 1.88. The molecule has 3 heteroatoms. The van der Waals surface area contributed by atoms with E-state index in [0.717, 1.165) is 25.8 Å². The molecule has 2 unspecified atom stereocenters. The normalized spacial score (nSPS) is 24.8. The van der Waals surface area contributed by atoms with E-state index in [4.69, 9.17) is 4.74 Å². The van der Waals surface area contributed by atoms with Gasteiger partial charge in [0.05, 0.1) is 0 Å². The third kappa shape index (κ3) is 2.21. The van der Waals surface area contributed by atoms with E-state index in [1.54, 1.807) is 7.11 Å². The van der Waals surface area contributed by atoms with Crippen molar-refractivity contribution < 1.29 is 9.53 Å². The summed E-state index contributed by atoms with van der Waals surface area (Å²) in [5, 5.41) is 0. The molecular weight excluding hydrogens is 166 g/mol. The van der Waals surface area contributed by atoms with Crippen molar-refractivity contribution in [1.82, 2.24) is 4.90 Å². The van der Waals surface area contributed by atoms with Crippen molar-refractivity contribution in [3.63, 3.8) is 0 Å². The minimum absolute atomic E-state index is 0.145. The first-order chi connectivity index (χ1) is 6.20. The minimum atomic E-state index is -0.285. The lowest BCUT2D eigenvalue weighted by atomic mass is 10.1. The lowest BCUT2D eigenvalue weighted by molar-refractivity contribution is -0.141. The fraction of sp³-hybridized carbons (Fsp3) is 0.900. The Kier molecular flexibility index (Phi) is 3.72. The van der Waals surface area contributed by atoms with Crippen LogP contribution in [0.25, 0.3) is 0 Å². The number of carbonyl (C=O) groups is 1. The Balaban J connectivity index is 2.54. The molecule has 0 aromatic carbocycles. The number of ether oxygens (including phenoxy) is 1. The topological polar surface area (TPSA) is 29.5 Å². The highest BCUT2D eigenvalue weighted by molar-refractivity contribution is 5.81. The number of rotatable bonds is 3. The Morgan fingerprint density at radius 3 is 2.92 bits per heavy atom. The zero-order valence-electron chi connectivity index (χ0n) is 8.75. The predicted molar refractivity (Wildman–Crippen MR) is 51.5 cm³/mol. The first kappa shape index (κ1) is 10.5. The van der Waals surface area contributed by atoms with Crippen molar-refractivity contribution in [2.75, 3.05) is 13.7 Å². The zero-order chi connectivity index (χ0) is 9.84. The SMILES string of the molecule is CCC1CCCN1C(=O)C(C)OC. The van der Waals surface area contributed by atoms with E-state index in [0.29, 0.717) is 6.04 Å². The molecule has 1 aliphatic heterocycles. The Labute approximate surface area is 80.1 Å². The molecular formula is C10H19NO2. The van der Waals surface area contributed by atoms with Crippen molar-refractivity contribution in [3.05, 3.63) is 0 Å². The molecule has 1 rings (SSSR count). The van der Waals surface area contributed by atoms with Gasteiger partial charge in [0.2, 0.25) is 0 Å². The largest absolute Gasteiger partial charge is 0.372 e. The van der Waals surface area contributed by atoms with Crippen molar-refractivity contribution in [2.24, 2.45) is 0 Å². The minimum Gasteiger partial charge on any atom is -0.372 e. The Morgan fingerprint density at radius 2 is 2.38 bits per heavy atom. The molecule has 0 aliphatic carbocycles. The number of hydrogen-bond acceptors (Lipinski definition) is 2. The molecule has 1 saturated heterocycles. The van der Waals surface area contributed by atoms with E-state index in [-0.39, 0.29) is 12.0 Å². The van der Waals surface area contributed by atoms with E-state index in [2.05, 4.69) is 6.92 Å². The van der Waals surface area contributed by atoms with E-state index in [9.17, 15) is 4.79 Å². The van der Waals surface area contributed by atoms with Crippen molar-refractivity contribution in [2.45, 2.75) is 45.3 Å². The standard InChI is InChI=1S/C10H19NO2/c1-4-9-6-5-7-11(9)10(12)8(2)13-3/h8-9H,4-7H2,1-3H3. The first-order valence-electron chi connectivity index (χ1n) is 5.04. The third-order valence-corrected chi connectivity index (χ3v) is 2.83. The predicted octanol–water partition coefficient (Wildman–Crippen LogP) is 1.42. The lowest BCUT2D eigenvalue weighted by Gasteiger charge is -2.26. The maximum absolute atomic E-state index is 11.7. The number of methoxy groups -OCH3 is 1. The van der Waals surface area contributed by atoms with Gasteiger partial charge in [0.25, 0.3) is 5.91 Å². The summed E-state index contributed by atoms with van der Waals surface area (Å²) in [4.78, 5) is 13.7. The van der Waals surface area contributed by atoms with Crippen LogP contribution < -0.4 is 0 Å². The molecule has 1 fully saturated rings. The van der Waals surface area contributed by atoms with Gasteiger partial charge in [-0.3, -0.25) is 4.79 Å². The van der Waals surface area contributed by atoms with Crippen LogP contribution in [0.3, 0.4) is 0 Å². The van der Waals surface area contributed by atoms with E-state index >= 15 is 0 Å². The molecule has 0 saturated carbocycles. The smallest absolute Gasteiger partial charge is 0.251 e. The molecule has 1 amide bonds. The molecule has 2 atom stereocenters. The van der Waals surface area contributed by atoms with Gasteiger partial charge in [-0.1, -0.05) is 6.92 Å². The van der Waals surface area contributed by atoms with E-state index < -0.39 is 0 Å². The molecule has 0 N–H and O–H groups in total. The second-order valence-corrected chi connectivity index (χ2v) is 3.61. The Hall–Kier alpha value is -0.570.